The van der Waals surface area contributed by atoms with Crippen molar-refractivity contribution in [3.8, 4) is 16.9 Å². The fourth-order valence-electron chi connectivity index (χ4n) is 6.89. The van der Waals surface area contributed by atoms with Crippen LogP contribution in [0.25, 0.3) is 11.1 Å². The molecule has 0 atom stereocenters. The van der Waals surface area contributed by atoms with Gasteiger partial charge >= 0.3 is 0 Å². The normalized spacial score (nSPS) is 17.9. The Morgan fingerprint density at radius 1 is 0.940 bits per heavy atom. The van der Waals surface area contributed by atoms with Crippen LogP contribution >= 0.6 is 15.9 Å². The summed E-state index contributed by atoms with van der Waals surface area (Å²) in [4.78, 5) is 16.9. The van der Waals surface area contributed by atoms with E-state index < -0.39 is 10.0 Å². The average Bonchev–Trinajstić information content (AvgIpc) is 3.91. The van der Waals surface area contributed by atoms with E-state index in [9.17, 15) is 8.42 Å². The van der Waals surface area contributed by atoms with Crippen LogP contribution in [0.1, 0.15) is 25.7 Å². The smallest absolute Gasteiger partial charge is 0.237 e. The number of para-hydroxylation sites is 2. The lowest BCUT2D eigenvalue weighted by Crippen LogP contribution is -2.52. The highest BCUT2D eigenvalue weighted by Crippen LogP contribution is 2.42. The molecule has 0 spiro atoms. The van der Waals surface area contributed by atoms with Gasteiger partial charge in [0, 0.05) is 94.7 Å². The predicted molar refractivity (Wildman–Crippen MR) is 203 cm³/mol. The van der Waals surface area contributed by atoms with Crippen molar-refractivity contribution >= 4 is 60.5 Å². The quantitative estimate of drug-likeness (QED) is 0.208. The standard InChI is InChI=1S/C35H45BrN10O3S/c1-42-15-17-45(18-16-42)25-11-13-46(14-12-25)32-20-33(49-4)30(19-27(32)24-21-38-43(2)23-24)40-35-37-22-28(36)34(41-35)39-29-7-5-6-8-31(29)44(3)50(47,48)26-9-10-26/h5-8,19-23,25-26H,9-18H2,1-4H3,(H2,37,39,40,41). The van der Waals surface area contributed by atoms with Crippen LogP contribution in [0.5, 0.6) is 5.75 Å². The monoisotopic (exact) mass is 764 g/mol. The molecule has 50 heavy (non-hydrogen) atoms. The number of halogens is 1. The Kier molecular flexibility index (Phi) is 9.92. The van der Waals surface area contributed by atoms with Crippen LogP contribution < -0.4 is 24.6 Å². The summed E-state index contributed by atoms with van der Waals surface area (Å²) >= 11 is 3.57. The number of likely N-dealkylation sites (N-methyl/N-ethyl adjacent to an activating group) is 1. The summed E-state index contributed by atoms with van der Waals surface area (Å²) in [5.41, 5.74) is 5.04. The number of ether oxygens (including phenoxy) is 1. The molecule has 4 heterocycles. The number of aromatic nitrogens is 4. The molecule has 7 rings (SSSR count). The first-order valence-corrected chi connectivity index (χ1v) is 19.4. The van der Waals surface area contributed by atoms with Crippen LogP contribution in [0.15, 0.2) is 59.5 Å². The first-order valence-electron chi connectivity index (χ1n) is 17.1. The van der Waals surface area contributed by atoms with Crippen molar-refractivity contribution in [1.82, 2.24) is 29.5 Å². The Morgan fingerprint density at radius 3 is 2.36 bits per heavy atom. The Bertz CT molecular complexity index is 1940. The third-order valence-corrected chi connectivity index (χ3v) is 12.9. The molecule has 0 amide bonds. The van der Waals surface area contributed by atoms with E-state index in [0.29, 0.717) is 57.9 Å². The molecule has 3 aliphatic rings. The van der Waals surface area contributed by atoms with Crippen molar-refractivity contribution in [2.75, 3.05) is 80.3 Å². The van der Waals surface area contributed by atoms with E-state index in [0.717, 1.165) is 68.9 Å². The molecule has 1 aliphatic carbocycles. The minimum absolute atomic E-state index is 0.325. The summed E-state index contributed by atoms with van der Waals surface area (Å²) in [6, 6.07) is 12.1. The zero-order valence-electron chi connectivity index (χ0n) is 29.0. The number of nitrogens with one attached hydrogen (secondary N) is 2. The number of anilines is 6. The number of methoxy groups -OCH3 is 1. The molecule has 2 aromatic heterocycles. The van der Waals surface area contributed by atoms with Crippen molar-refractivity contribution in [3.05, 3.63) is 59.5 Å². The van der Waals surface area contributed by atoms with Gasteiger partial charge in [0.2, 0.25) is 16.0 Å². The molecule has 3 fully saturated rings. The number of piperazine rings is 1. The molecular formula is C35H45BrN10O3S. The van der Waals surface area contributed by atoms with E-state index in [1.807, 2.05) is 42.3 Å². The lowest BCUT2D eigenvalue weighted by atomic mass is 9.98. The molecular weight excluding hydrogens is 720 g/mol. The average molecular weight is 766 g/mol. The maximum absolute atomic E-state index is 13.1. The van der Waals surface area contributed by atoms with Gasteiger partial charge in [0.1, 0.15) is 11.6 Å². The van der Waals surface area contributed by atoms with E-state index in [1.165, 1.54) is 4.31 Å². The number of hydrogen-bond acceptors (Lipinski definition) is 11. The third kappa shape index (κ3) is 7.27. The Hall–Kier alpha value is -3.92. The van der Waals surface area contributed by atoms with Crippen LogP contribution in [0.2, 0.25) is 0 Å². The predicted octanol–water partition coefficient (Wildman–Crippen LogP) is 5.28. The van der Waals surface area contributed by atoms with Gasteiger partial charge in [-0.25, -0.2) is 13.4 Å². The van der Waals surface area contributed by atoms with Gasteiger partial charge in [-0.2, -0.15) is 10.1 Å². The SMILES string of the molecule is COc1cc(N2CCC(N3CCN(C)CC3)CC2)c(-c2cnn(C)c2)cc1Nc1ncc(Br)c(Nc2ccccc2N(C)S(=O)(=O)C2CC2)n1. The lowest BCUT2D eigenvalue weighted by molar-refractivity contribution is 0.0982. The van der Waals surface area contributed by atoms with Gasteiger partial charge in [0.25, 0.3) is 0 Å². The first kappa shape index (κ1) is 34.5. The van der Waals surface area contributed by atoms with Crippen LogP contribution in [0.3, 0.4) is 0 Å². The Balaban J connectivity index is 1.15. The van der Waals surface area contributed by atoms with Gasteiger partial charge < -0.3 is 25.2 Å². The maximum atomic E-state index is 13.1. The number of sulfonamides is 1. The molecule has 13 nitrogen and oxygen atoms in total. The molecule has 0 unspecified atom stereocenters. The molecule has 2 N–H and O–H groups in total. The van der Waals surface area contributed by atoms with Gasteiger partial charge in [0.15, 0.2) is 0 Å². The molecule has 2 saturated heterocycles. The van der Waals surface area contributed by atoms with Crippen molar-refractivity contribution < 1.29 is 13.2 Å². The highest BCUT2D eigenvalue weighted by molar-refractivity contribution is 9.10. The van der Waals surface area contributed by atoms with E-state index in [4.69, 9.17) is 9.72 Å². The van der Waals surface area contributed by atoms with E-state index >= 15 is 0 Å². The second-order valence-corrected chi connectivity index (χ2v) is 16.5. The first-order chi connectivity index (χ1) is 24.1. The number of benzene rings is 2. The van der Waals surface area contributed by atoms with E-state index in [2.05, 4.69) is 70.5 Å². The Labute approximate surface area is 302 Å². The van der Waals surface area contributed by atoms with E-state index in [-0.39, 0.29) is 5.25 Å². The zero-order chi connectivity index (χ0) is 35.0. The fraction of sp³-hybridized carbons (Fsp3) is 0.457. The summed E-state index contributed by atoms with van der Waals surface area (Å²) < 4.78 is 35.9. The summed E-state index contributed by atoms with van der Waals surface area (Å²) in [6.45, 7) is 6.46. The minimum Gasteiger partial charge on any atom is -0.494 e. The largest absolute Gasteiger partial charge is 0.494 e. The van der Waals surface area contributed by atoms with Gasteiger partial charge in [0.05, 0.1) is 40.1 Å². The maximum Gasteiger partial charge on any atom is 0.237 e. The highest BCUT2D eigenvalue weighted by Gasteiger charge is 2.39. The van der Waals surface area contributed by atoms with Crippen LogP contribution in [0.4, 0.5) is 34.5 Å². The van der Waals surface area contributed by atoms with Gasteiger partial charge in [-0.1, -0.05) is 12.1 Å². The summed E-state index contributed by atoms with van der Waals surface area (Å²) in [7, 11) is 3.96. The number of rotatable bonds is 11. The number of nitrogens with zero attached hydrogens (tertiary/aromatic N) is 8. The van der Waals surface area contributed by atoms with E-state index in [1.54, 1.807) is 26.4 Å². The van der Waals surface area contributed by atoms with Crippen LogP contribution in [-0.2, 0) is 17.1 Å². The fourth-order valence-corrected chi connectivity index (χ4v) is 8.79. The molecule has 0 bridgehead atoms. The van der Waals surface area contributed by atoms with Crippen molar-refractivity contribution in [2.45, 2.75) is 37.0 Å². The highest BCUT2D eigenvalue weighted by atomic mass is 79.9. The van der Waals surface area contributed by atoms with Crippen LogP contribution in [0, 0.1) is 0 Å². The minimum atomic E-state index is -3.44. The Morgan fingerprint density at radius 2 is 1.68 bits per heavy atom. The number of piperidine rings is 1. The molecule has 1 saturated carbocycles. The van der Waals surface area contributed by atoms with Crippen molar-refractivity contribution in [3.63, 3.8) is 0 Å². The molecule has 2 aromatic carbocycles. The second kappa shape index (κ2) is 14.4. The summed E-state index contributed by atoms with van der Waals surface area (Å²) in [5.74, 6) is 1.51. The van der Waals surface area contributed by atoms with Crippen LogP contribution in [-0.4, -0.2) is 110 Å². The van der Waals surface area contributed by atoms with Crippen molar-refractivity contribution in [1.29, 1.82) is 0 Å². The third-order valence-electron chi connectivity index (χ3n) is 10.0. The van der Waals surface area contributed by atoms with Gasteiger partial charge in [-0.05, 0) is 66.9 Å². The molecule has 4 aromatic rings. The summed E-state index contributed by atoms with van der Waals surface area (Å²) in [6.07, 6.45) is 9.20. The molecule has 15 heteroatoms. The topological polar surface area (TPSA) is 124 Å². The number of hydrogen-bond donors (Lipinski definition) is 2. The zero-order valence-corrected chi connectivity index (χ0v) is 31.4. The second-order valence-electron chi connectivity index (χ2n) is 13.4. The van der Waals surface area contributed by atoms with Gasteiger partial charge in [-0.3, -0.25) is 13.9 Å². The van der Waals surface area contributed by atoms with Gasteiger partial charge in [-0.15, -0.1) is 0 Å². The summed E-state index contributed by atoms with van der Waals surface area (Å²) in [5, 5.41) is 10.9. The number of aryl methyl sites for hydroxylation is 1. The lowest BCUT2D eigenvalue weighted by Gasteiger charge is -2.43. The molecule has 0 radical (unpaired) electrons. The van der Waals surface area contributed by atoms with Crippen molar-refractivity contribution in [2.24, 2.45) is 7.05 Å². The molecule has 2 aliphatic heterocycles. The molecule has 266 valence electrons.